The summed E-state index contributed by atoms with van der Waals surface area (Å²) in [4.78, 5) is 27.3. The number of rotatable bonds is 15. The quantitative estimate of drug-likeness (QED) is 0.102. The van der Waals surface area contributed by atoms with Crippen LogP contribution < -0.4 is 0 Å². The fraction of sp³-hybridized carbons (Fsp3) is 0.267. The maximum absolute atomic E-state index is 12.0. The molecule has 0 atom stereocenters. The summed E-state index contributed by atoms with van der Waals surface area (Å²) in [6, 6.07) is 28.2. The van der Waals surface area contributed by atoms with Crippen LogP contribution in [-0.4, -0.2) is 50.6 Å². The van der Waals surface area contributed by atoms with E-state index < -0.39 is 5.97 Å². The fourth-order valence-corrected chi connectivity index (χ4v) is 8.04. The van der Waals surface area contributed by atoms with Gasteiger partial charge in [0, 0.05) is 56.4 Å². The molecule has 7 rings (SSSR count). The molecule has 6 nitrogen and oxygen atoms in total. The van der Waals surface area contributed by atoms with Crippen molar-refractivity contribution < 1.29 is 9.90 Å². The van der Waals surface area contributed by atoms with Crippen molar-refractivity contribution in [3.8, 4) is 11.3 Å². The summed E-state index contributed by atoms with van der Waals surface area (Å²) in [6.45, 7) is 7.07. The molecule has 8 heteroatoms. The van der Waals surface area contributed by atoms with Gasteiger partial charge in [0.15, 0.2) is 0 Å². The molecule has 4 aromatic carbocycles. The Kier molecular flexibility index (Phi) is 11.4. The van der Waals surface area contributed by atoms with E-state index in [1.165, 1.54) is 38.6 Å². The van der Waals surface area contributed by atoms with Crippen LogP contribution in [0.15, 0.2) is 97.3 Å². The molecule has 270 valence electrons. The van der Waals surface area contributed by atoms with E-state index in [1.807, 2.05) is 48.8 Å². The van der Waals surface area contributed by atoms with Gasteiger partial charge in [-0.1, -0.05) is 52.5 Å². The third-order valence-electron chi connectivity index (χ3n) is 10.3. The van der Waals surface area contributed by atoms with Crippen LogP contribution in [0, 0.1) is 13.8 Å². The molecule has 0 fully saturated rings. The molecule has 0 unspecified atom stereocenters. The van der Waals surface area contributed by atoms with Crippen LogP contribution in [0.3, 0.4) is 0 Å². The van der Waals surface area contributed by atoms with Crippen molar-refractivity contribution in [1.29, 1.82) is 0 Å². The number of aromatic nitrogens is 3. The minimum Gasteiger partial charge on any atom is -0.478 e. The van der Waals surface area contributed by atoms with Gasteiger partial charge in [-0.3, -0.25) is 9.97 Å². The first-order valence-corrected chi connectivity index (χ1v) is 19.2. The first kappa shape index (κ1) is 36.6. The molecule has 2 N–H and O–H groups in total. The molecule has 0 bridgehead atoms. The molecule has 0 aliphatic heterocycles. The number of nitrogens with zero attached hydrogens (tertiary/aromatic N) is 3. The number of aryl methyl sites for hydroxylation is 4. The second kappa shape index (κ2) is 16.5. The number of H-pyrrole nitrogens is 1. The number of carboxylic acid groups (broad SMARTS) is 1. The maximum Gasteiger partial charge on any atom is 0.335 e. The van der Waals surface area contributed by atoms with Gasteiger partial charge < -0.3 is 15.0 Å². The molecule has 0 saturated heterocycles. The molecule has 53 heavy (non-hydrogen) atoms. The Morgan fingerprint density at radius 1 is 0.660 bits per heavy atom. The van der Waals surface area contributed by atoms with Crippen molar-refractivity contribution in [3.05, 3.63) is 141 Å². The highest BCUT2D eigenvalue weighted by Gasteiger charge is 2.18. The lowest BCUT2D eigenvalue weighted by Gasteiger charge is -2.23. The number of hydrogen-bond acceptors (Lipinski definition) is 4. The number of halogens is 2. The van der Waals surface area contributed by atoms with E-state index in [-0.39, 0.29) is 0 Å². The van der Waals surface area contributed by atoms with Crippen LogP contribution in [0.5, 0.6) is 0 Å². The highest BCUT2D eigenvalue weighted by molar-refractivity contribution is 6.31. The van der Waals surface area contributed by atoms with Crippen LogP contribution in [0.25, 0.3) is 44.0 Å². The molecule has 7 aromatic rings. The third kappa shape index (κ3) is 8.73. The predicted octanol–water partition coefficient (Wildman–Crippen LogP) is 11.4. The molecule has 0 aliphatic rings. The number of benzene rings is 4. The Bertz CT molecular complexity index is 2310. The first-order valence-electron chi connectivity index (χ1n) is 18.5. The highest BCUT2D eigenvalue weighted by Crippen LogP contribution is 2.33. The summed E-state index contributed by atoms with van der Waals surface area (Å²) in [5, 5.41) is 14.6. The minimum absolute atomic E-state index is 0.304. The van der Waals surface area contributed by atoms with E-state index in [0.717, 1.165) is 97.8 Å². The Morgan fingerprint density at radius 3 is 1.81 bits per heavy atom. The predicted molar refractivity (Wildman–Crippen MR) is 220 cm³/mol. The van der Waals surface area contributed by atoms with Gasteiger partial charge in [-0.15, -0.1) is 0 Å². The van der Waals surface area contributed by atoms with E-state index in [4.69, 9.17) is 23.2 Å². The van der Waals surface area contributed by atoms with E-state index in [0.29, 0.717) is 15.6 Å². The molecular formula is C45H44Cl2N4O2. The Labute approximate surface area is 320 Å². The van der Waals surface area contributed by atoms with Gasteiger partial charge in [0.05, 0.1) is 16.6 Å². The maximum atomic E-state index is 12.0. The number of carboxylic acids is 1. The Balaban J connectivity index is 1.10. The lowest BCUT2D eigenvalue weighted by atomic mass is 9.98. The van der Waals surface area contributed by atoms with E-state index >= 15 is 0 Å². The summed E-state index contributed by atoms with van der Waals surface area (Å²) in [6.07, 6.45) is 10.8. The molecule has 0 radical (unpaired) electrons. The zero-order chi connectivity index (χ0) is 36.9. The largest absolute Gasteiger partial charge is 0.478 e. The number of nitrogens with one attached hydrogen (secondary N) is 1. The van der Waals surface area contributed by atoms with Crippen LogP contribution in [0.2, 0.25) is 10.0 Å². The van der Waals surface area contributed by atoms with Gasteiger partial charge >= 0.3 is 5.97 Å². The number of aromatic amines is 1. The van der Waals surface area contributed by atoms with Gasteiger partial charge in [0.25, 0.3) is 0 Å². The smallest absolute Gasteiger partial charge is 0.335 e. The molecule has 0 spiro atoms. The first-order chi connectivity index (χ1) is 25.7. The van der Waals surface area contributed by atoms with Crippen molar-refractivity contribution in [3.63, 3.8) is 0 Å². The lowest BCUT2D eigenvalue weighted by molar-refractivity contribution is 0.0697. The SMILES string of the molecule is Cc1cc(C)cc(-c2[nH]c3ccc(C(=O)O)cc3c2CCN(CCCCc2ccnc3cc(Cl)ccc23)CCCCc2ccnc3cc(Cl)ccc23)c1. The summed E-state index contributed by atoms with van der Waals surface area (Å²) in [5.41, 5.74) is 11.5. The van der Waals surface area contributed by atoms with Gasteiger partial charge in [0.1, 0.15) is 0 Å². The van der Waals surface area contributed by atoms with Crippen LogP contribution in [0.4, 0.5) is 0 Å². The molecule has 0 aliphatic carbocycles. The third-order valence-corrected chi connectivity index (χ3v) is 10.7. The molecule has 3 heterocycles. The van der Waals surface area contributed by atoms with Gasteiger partial charge in [-0.25, -0.2) is 4.79 Å². The summed E-state index contributed by atoms with van der Waals surface area (Å²) in [7, 11) is 0. The average Bonchev–Trinajstić information content (AvgIpc) is 3.50. The van der Waals surface area contributed by atoms with Crippen molar-refractivity contribution in [2.75, 3.05) is 19.6 Å². The molecule has 3 aromatic heterocycles. The number of unbranched alkanes of at least 4 members (excludes halogenated alkanes) is 2. The minimum atomic E-state index is -0.913. The van der Waals surface area contributed by atoms with Crippen molar-refractivity contribution in [2.24, 2.45) is 0 Å². The second-order valence-corrected chi connectivity index (χ2v) is 15.1. The van der Waals surface area contributed by atoms with Crippen molar-refractivity contribution in [2.45, 2.75) is 58.8 Å². The van der Waals surface area contributed by atoms with Gasteiger partial charge in [-0.05, 0) is 161 Å². The standard InChI is InChI=1S/C45H44Cl2N4O2/c1-29-23-30(2)25-34(24-29)44-39(40-26-33(45(52)53)9-14-41(40)50-44)17-22-51(20-5-3-7-31-15-18-48-42-27-35(46)10-12-37(31)42)21-6-4-8-32-16-19-49-43-28-36(47)11-13-38(32)43/h9-16,18-19,23-28,50H,3-8,17,20-22H2,1-2H3,(H,52,53). The van der Waals surface area contributed by atoms with Crippen molar-refractivity contribution in [1.82, 2.24) is 19.9 Å². The number of carbonyl (C=O) groups is 1. The average molecular weight is 744 g/mol. The zero-order valence-electron chi connectivity index (χ0n) is 30.3. The fourth-order valence-electron chi connectivity index (χ4n) is 7.71. The van der Waals surface area contributed by atoms with E-state index in [9.17, 15) is 9.90 Å². The molecule has 0 amide bonds. The normalized spacial score (nSPS) is 11.7. The highest BCUT2D eigenvalue weighted by atomic mass is 35.5. The summed E-state index contributed by atoms with van der Waals surface area (Å²) in [5.74, 6) is -0.913. The zero-order valence-corrected chi connectivity index (χ0v) is 31.8. The number of aromatic carboxylic acids is 1. The van der Waals surface area contributed by atoms with Crippen molar-refractivity contribution >= 4 is 61.9 Å². The topological polar surface area (TPSA) is 82.1 Å². The van der Waals surface area contributed by atoms with E-state index in [2.05, 4.69) is 76.2 Å². The Hall–Kier alpha value is -4.75. The van der Waals surface area contributed by atoms with Crippen LogP contribution in [0.1, 0.15) is 63.9 Å². The van der Waals surface area contributed by atoms with Crippen LogP contribution >= 0.6 is 23.2 Å². The molecule has 0 saturated carbocycles. The number of pyridine rings is 2. The lowest BCUT2D eigenvalue weighted by Crippen LogP contribution is -2.28. The molecular weight excluding hydrogens is 699 g/mol. The number of fused-ring (bicyclic) bond motifs is 3. The summed E-state index contributed by atoms with van der Waals surface area (Å²) < 4.78 is 0. The number of hydrogen-bond donors (Lipinski definition) is 2. The summed E-state index contributed by atoms with van der Waals surface area (Å²) >= 11 is 12.5. The van der Waals surface area contributed by atoms with E-state index in [1.54, 1.807) is 6.07 Å². The van der Waals surface area contributed by atoms with Gasteiger partial charge in [-0.2, -0.15) is 0 Å². The Morgan fingerprint density at radius 2 is 1.25 bits per heavy atom. The van der Waals surface area contributed by atoms with Crippen LogP contribution in [-0.2, 0) is 19.3 Å². The monoisotopic (exact) mass is 742 g/mol. The second-order valence-electron chi connectivity index (χ2n) is 14.2. The van der Waals surface area contributed by atoms with Gasteiger partial charge in [0.2, 0.25) is 0 Å².